The van der Waals surface area contributed by atoms with E-state index in [4.69, 9.17) is 4.74 Å². The number of aliphatic hydroxyl groups is 1. The molecule has 0 radical (unpaired) electrons. The Bertz CT molecular complexity index is 578. The van der Waals surface area contributed by atoms with Gasteiger partial charge < -0.3 is 14.7 Å². The maximum absolute atomic E-state index is 12.5. The number of hydrogen-bond acceptors (Lipinski definition) is 4. The van der Waals surface area contributed by atoms with Gasteiger partial charge in [-0.15, -0.1) is 0 Å². The van der Waals surface area contributed by atoms with E-state index >= 15 is 0 Å². The van der Waals surface area contributed by atoms with Gasteiger partial charge in [-0.3, -0.25) is 4.90 Å². The Balaban J connectivity index is 1.74. The van der Waals surface area contributed by atoms with E-state index in [1.807, 2.05) is 39.0 Å². The first-order valence-corrected chi connectivity index (χ1v) is 8.72. The van der Waals surface area contributed by atoms with Gasteiger partial charge >= 0.3 is 6.09 Å². The largest absolute Gasteiger partial charge is 0.444 e. The molecule has 24 heavy (non-hydrogen) atoms. The Hall–Kier alpha value is -1.59. The Morgan fingerprint density at radius 3 is 2.50 bits per heavy atom. The minimum Gasteiger partial charge on any atom is -0.444 e. The SMILES string of the molecule is CC(C)(C)OC(=O)N1CC(CO)N(Cc2ccccc2)C2(CC2)C1. The number of ether oxygens (including phenoxy) is 1. The molecule has 0 aromatic heterocycles. The smallest absolute Gasteiger partial charge is 0.410 e. The number of piperazine rings is 1. The first-order chi connectivity index (χ1) is 11.3. The van der Waals surface area contributed by atoms with E-state index in [1.165, 1.54) is 5.56 Å². The van der Waals surface area contributed by atoms with Gasteiger partial charge in [-0.25, -0.2) is 4.79 Å². The normalized spacial score (nSPS) is 23.3. The molecule has 5 nitrogen and oxygen atoms in total. The number of benzene rings is 1. The highest BCUT2D eigenvalue weighted by atomic mass is 16.6. The molecule has 1 atom stereocenters. The molecule has 2 aliphatic rings. The van der Waals surface area contributed by atoms with Crippen molar-refractivity contribution in [2.75, 3.05) is 19.7 Å². The highest BCUT2D eigenvalue weighted by Gasteiger charge is 2.55. The predicted molar refractivity (Wildman–Crippen MR) is 92.6 cm³/mol. The zero-order valence-electron chi connectivity index (χ0n) is 14.9. The van der Waals surface area contributed by atoms with Crippen LogP contribution in [0.4, 0.5) is 4.79 Å². The number of hydrogen-bond donors (Lipinski definition) is 1. The van der Waals surface area contributed by atoms with Crippen LogP contribution in [0.3, 0.4) is 0 Å². The number of aliphatic hydroxyl groups excluding tert-OH is 1. The van der Waals surface area contributed by atoms with Crippen LogP contribution in [0, 0.1) is 0 Å². The Morgan fingerprint density at radius 2 is 1.96 bits per heavy atom. The molecule has 132 valence electrons. The average molecular weight is 332 g/mol. The maximum Gasteiger partial charge on any atom is 0.410 e. The fourth-order valence-corrected chi connectivity index (χ4v) is 3.54. The van der Waals surface area contributed by atoms with Crippen LogP contribution in [-0.2, 0) is 11.3 Å². The van der Waals surface area contributed by atoms with Crippen molar-refractivity contribution in [3.63, 3.8) is 0 Å². The maximum atomic E-state index is 12.5. The number of nitrogens with zero attached hydrogens (tertiary/aromatic N) is 2. The first kappa shape index (κ1) is 17.2. The number of rotatable bonds is 3. The summed E-state index contributed by atoms with van der Waals surface area (Å²) in [6, 6.07) is 10.3. The second kappa shape index (κ2) is 6.37. The molecular weight excluding hydrogens is 304 g/mol. The molecule has 1 N–H and O–H groups in total. The monoisotopic (exact) mass is 332 g/mol. The summed E-state index contributed by atoms with van der Waals surface area (Å²) in [5.41, 5.74) is 0.746. The van der Waals surface area contributed by atoms with Crippen LogP contribution in [0.25, 0.3) is 0 Å². The van der Waals surface area contributed by atoms with Gasteiger partial charge in [0.25, 0.3) is 0 Å². The lowest BCUT2D eigenvalue weighted by Gasteiger charge is -2.47. The summed E-state index contributed by atoms with van der Waals surface area (Å²) in [5.74, 6) is 0. The second-order valence-electron chi connectivity index (χ2n) is 8.04. The molecular formula is C19H28N2O3. The van der Waals surface area contributed by atoms with Crippen molar-refractivity contribution >= 4 is 6.09 Å². The van der Waals surface area contributed by atoms with Gasteiger partial charge in [0, 0.05) is 25.2 Å². The third kappa shape index (κ3) is 3.73. The van der Waals surface area contributed by atoms with Gasteiger partial charge in [0.2, 0.25) is 0 Å². The van der Waals surface area contributed by atoms with E-state index in [0.29, 0.717) is 13.1 Å². The van der Waals surface area contributed by atoms with Crippen LogP contribution in [0.1, 0.15) is 39.2 Å². The Labute approximate surface area is 144 Å². The zero-order chi connectivity index (χ0) is 17.4. The van der Waals surface area contributed by atoms with Gasteiger partial charge in [0.1, 0.15) is 5.60 Å². The van der Waals surface area contributed by atoms with E-state index < -0.39 is 5.60 Å². The number of carbonyl (C=O) groups excluding carboxylic acids is 1. The summed E-state index contributed by atoms with van der Waals surface area (Å²) in [6.07, 6.45) is 1.86. The van der Waals surface area contributed by atoms with Gasteiger partial charge in [0.15, 0.2) is 0 Å². The summed E-state index contributed by atoms with van der Waals surface area (Å²) in [5, 5.41) is 9.91. The fraction of sp³-hybridized carbons (Fsp3) is 0.632. The standard InChI is InChI=1S/C19H28N2O3/c1-18(2,3)24-17(23)20-12-16(13-22)21(19(14-20)9-10-19)11-15-7-5-4-6-8-15/h4-8,16,22H,9-14H2,1-3H3. The topological polar surface area (TPSA) is 53.0 Å². The van der Waals surface area contributed by atoms with Crippen molar-refractivity contribution in [1.82, 2.24) is 9.80 Å². The molecule has 2 fully saturated rings. The molecule has 1 aromatic rings. The molecule has 1 aliphatic carbocycles. The van der Waals surface area contributed by atoms with Crippen LogP contribution in [0.5, 0.6) is 0 Å². The quantitative estimate of drug-likeness (QED) is 0.924. The third-order valence-corrected chi connectivity index (χ3v) is 4.85. The van der Waals surface area contributed by atoms with Crippen molar-refractivity contribution in [3.8, 4) is 0 Å². The molecule has 1 saturated heterocycles. The molecule has 1 unspecified atom stereocenters. The van der Waals surface area contributed by atoms with Crippen molar-refractivity contribution in [3.05, 3.63) is 35.9 Å². The van der Waals surface area contributed by atoms with Gasteiger partial charge in [-0.1, -0.05) is 30.3 Å². The lowest BCUT2D eigenvalue weighted by Crippen LogP contribution is -2.62. The van der Waals surface area contributed by atoms with Crippen LogP contribution >= 0.6 is 0 Å². The number of amides is 1. The molecule has 1 spiro atoms. The molecule has 1 saturated carbocycles. The average Bonchev–Trinajstić information content (AvgIpc) is 3.28. The molecule has 1 aromatic carbocycles. The molecule has 5 heteroatoms. The summed E-state index contributed by atoms with van der Waals surface area (Å²) in [7, 11) is 0. The van der Waals surface area contributed by atoms with E-state index in [1.54, 1.807) is 4.90 Å². The van der Waals surface area contributed by atoms with Crippen molar-refractivity contribution in [2.24, 2.45) is 0 Å². The number of carbonyl (C=O) groups is 1. The summed E-state index contributed by atoms with van der Waals surface area (Å²) in [4.78, 5) is 16.6. The van der Waals surface area contributed by atoms with E-state index in [9.17, 15) is 9.90 Å². The lowest BCUT2D eigenvalue weighted by molar-refractivity contribution is -0.0362. The summed E-state index contributed by atoms with van der Waals surface area (Å²) >= 11 is 0. The van der Waals surface area contributed by atoms with Gasteiger partial charge in [-0.2, -0.15) is 0 Å². The second-order valence-corrected chi connectivity index (χ2v) is 8.04. The highest BCUT2D eigenvalue weighted by molar-refractivity contribution is 5.68. The molecule has 1 amide bonds. The summed E-state index contributed by atoms with van der Waals surface area (Å²) in [6.45, 7) is 7.71. The van der Waals surface area contributed by atoms with Crippen molar-refractivity contribution in [2.45, 2.75) is 57.3 Å². The van der Waals surface area contributed by atoms with Gasteiger partial charge in [-0.05, 0) is 39.2 Å². The van der Waals surface area contributed by atoms with Crippen molar-refractivity contribution in [1.29, 1.82) is 0 Å². The van der Waals surface area contributed by atoms with E-state index in [2.05, 4.69) is 17.0 Å². The zero-order valence-corrected chi connectivity index (χ0v) is 14.9. The molecule has 1 aliphatic heterocycles. The summed E-state index contributed by atoms with van der Waals surface area (Å²) < 4.78 is 5.53. The van der Waals surface area contributed by atoms with E-state index in [0.717, 1.165) is 19.4 Å². The van der Waals surface area contributed by atoms with Crippen LogP contribution in [-0.4, -0.2) is 57.9 Å². The third-order valence-electron chi connectivity index (χ3n) is 4.85. The Morgan fingerprint density at radius 1 is 1.29 bits per heavy atom. The minimum absolute atomic E-state index is 0.00159. The Kier molecular flexibility index (Phi) is 4.58. The first-order valence-electron chi connectivity index (χ1n) is 8.72. The fourth-order valence-electron chi connectivity index (χ4n) is 3.54. The van der Waals surface area contributed by atoms with Gasteiger partial charge in [0.05, 0.1) is 12.6 Å². The van der Waals surface area contributed by atoms with Crippen LogP contribution in [0.2, 0.25) is 0 Å². The molecule has 1 heterocycles. The van der Waals surface area contributed by atoms with Crippen LogP contribution in [0.15, 0.2) is 30.3 Å². The molecule has 3 rings (SSSR count). The molecule has 0 bridgehead atoms. The predicted octanol–water partition coefficient (Wildman–Crippen LogP) is 2.63. The van der Waals surface area contributed by atoms with Crippen molar-refractivity contribution < 1.29 is 14.6 Å². The van der Waals surface area contributed by atoms with E-state index in [-0.39, 0.29) is 24.3 Å². The highest BCUT2D eigenvalue weighted by Crippen LogP contribution is 2.46. The lowest BCUT2D eigenvalue weighted by atomic mass is 10.0. The van der Waals surface area contributed by atoms with Crippen LogP contribution < -0.4 is 0 Å². The minimum atomic E-state index is -0.496.